The summed E-state index contributed by atoms with van der Waals surface area (Å²) in [5.41, 5.74) is 0.117. The van der Waals surface area contributed by atoms with E-state index >= 15 is 0 Å². The first-order valence-electron chi connectivity index (χ1n) is 8.27. The number of sulfone groups is 1. The summed E-state index contributed by atoms with van der Waals surface area (Å²) >= 11 is 5.85. The highest BCUT2D eigenvalue weighted by atomic mass is 35.5. The summed E-state index contributed by atoms with van der Waals surface area (Å²) in [7, 11) is -3.59. The molecule has 0 aliphatic heterocycles. The van der Waals surface area contributed by atoms with E-state index in [0.717, 1.165) is 6.26 Å². The first-order chi connectivity index (χ1) is 13.7. The normalized spacial score (nSPS) is 12.2. The average molecular weight is 431 g/mol. The molecule has 2 heterocycles. The summed E-state index contributed by atoms with van der Waals surface area (Å²) < 4.78 is 25.1. The number of amides is 1. The molecule has 0 aliphatic carbocycles. The smallest absolute Gasteiger partial charge is 0.251 e. The maximum absolute atomic E-state index is 12.7. The van der Waals surface area contributed by atoms with Crippen LogP contribution in [-0.4, -0.2) is 40.3 Å². The molecule has 0 radical (unpaired) electrons. The summed E-state index contributed by atoms with van der Waals surface area (Å²) in [5.74, 6) is 0.319. The van der Waals surface area contributed by atoms with E-state index in [1.807, 2.05) is 6.07 Å². The third-order valence-corrected chi connectivity index (χ3v) is 5.28. The Morgan fingerprint density at radius 1 is 1.28 bits per heavy atom. The molecule has 1 aromatic carbocycles. The van der Waals surface area contributed by atoms with E-state index in [9.17, 15) is 13.2 Å². The molecular weight excluding hydrogens is 416 g/mol. The van der Waals surface area contributed by atoms with Crippen LogP contribution in [0.15, 0.2) is 47.8 Å². The number of halogens is 1. The fourth-order valence-electron chi connectivity index (χ4n) is 2.57. The van der Waals surface area contributed by atoms with E-state index in [2.05, 4.69) is 20.4 Å². The Balaban J connectivity index is 1.88. The van der Waals surface area contributed by atoms with Crippen molar-refractivity contribution in [2.24, 2.45) is 0 Å². The molecule has 0 fully saturated rings. The molecule has 0 bridgehead atoms. The number of nitrogens with one attached hydrogen (secondary N) is 1. The average Bonchev–Trinajstić information content (AvgIpc) is 3.17. The van der Waals surface area contributed by atoms with Crippen molar-refractivity contribution in [1.29, 1.82) is 5.26 Å². The zero-order valence-corrected chi connectivity index (χ0v) is 16.9. The fourth-order valence-corrected chi connectivity index (χ4v) is 3.36. The Labute approximate surface area is 171 Å². The predicted octanol–water partition coefficient (Wildman–Crippen LogP) is 2.08. The van der Waals surface area contributed by atoms with Gasteiger partial charge in [0.25, 0.3) is 5.91 Å². The molecule has 0 unspecified atom stereocenters. The van der Waals surface area contributed by atoms with Crippen LogP contribution in [-0.2, 0) is 9.84 Å². The van der Waals surface area contributed by atoms with Gasteiger partial charge in [0.1, 0.15) is 6.33 Å². The lowest BCUT2D eigenvalue weighted by atomic mass is 10.1. The second kappa shape index (κ2) is 7.98. The molecular formula is C18H15ClN6O3S. The van der Waals surface area contributed by atoms with E-state index in [1.165, 1.54) is 35.4 Å². The molecule has 148 valence electrons. The standard InChI is InChI=1S/C18H15ClN6O3S/c1-11(17-22-10-23-25(17)16-4-3-14(19)9-21-16)24-18(26)13-5-12(8-20)6-15(7-13)29(2,27)28/h3-7,9-11H,1-2H3,(H,24,26)/t11-/m0/s1. The lowest BCUT2D eigenvalue weighted by Gasteiger charge is -2.15. The maximum atomic E-state index is 12.7. The van der Waals surface area contributed by atoms with Gasteiger partial charge >= 0.3 is 0 Å². The van der Waals surface area contributed by atoms with Gasteiger partial charge in [0, 0.05) is 18.0 Å². The Morgan fingerprint density at radius 2 is 2.03 bits per heavy atom. The van der Waals surface area contributed by atoms with Gasteiger partial charge in [0.2, 0.25) is 0 Å². The van der Waals surface area contributed by atoms with Crippen molar-refractivity contribution in [2.45, 2.75) is 17.9 Å². The Morgan fingerprint density at radius 3 is 2.66 bits per heavy atom. The highest BCUT2D eigenvalue weighted by molar-refractivity contribution is 7.90. The molecule has 3 aromatic rings. The molecule has 1 N–H and O–H groups in total. The summed E-state index contributed by atoms with van der Waals surface area (Å²) in [4.78, 5) is 20.9. The number of aromatic nitrogens is 4. The van der Waals surface area contributed by atoms with Gasteiger partial charge in [0.15, 0.2) is 21.5 Å². The number of hydrogen-bond acceptors (Lipinski definition) is 7. The van der Waals surface area contributed by atoms with Gasteiger partial charge in [-0.3, -0.25) is 4.79 Å². The van der Waals surface area contributed by atoms with Crippen LogP contribution in [0.5, 0.6) is 0 Å². The Kier molecular flexibility index (Phi) is 5.63. The Bertz CT molecular complexity index is 1220. The molecule has 3 rings (SSSR count). The lowest BCUT2D eigenvalue weighted by molar-refractivity contribution is 0.0937. The Hall–Kier alpha value is -3.29. The topological polar surface area (TPSA) is 131 Å². The number of benzene rings is 1. The van der Waals surface area contributed by atoms with Crippen LogP contribution < -0.4 is 5.32 Å². The van der Waals surface area contributed by atoms with Gasteiger partial charge in [-0.1, -0.05) is 11.6 Å². The minimum Gasteiger partial charge on any atom is -0.342 e. The monoisotopic (exact) mass is 430 g/mol. The number of carbonyl (C=O) groups is 1. The largest absolute Gasteiger partial charge is 0.342 e. The third-order valence-electron chi connectivity index (χ3n) is 3.96. The minimum absolute atomic E-state index is 0.0482. The van der Waals surface area contributed by atoms with Crippen LogP contribution in [0.1, 0.15) is 34.7 Å². The first kappa shape index (κ1) is 20.4. The van der Waals surface area contributed by atoms with Crippen molar-refractivity contribution in [3.8, 4) is 11.9 Å². The number of rotatable bonds is 5. The lowest BCUT2D eigenvalue weighted by Crippen LogP contribution is -2.29. The number of pyridine rings is 1. The zero-order chi connectivity index (χ0) is 21.2. The van der Waals surface area contributed by atoms with Crippen LogP contribution in [0.4, 0.5) is 0 Å². The third kappa shape index (κ3) is 4.59. The van der Waals surface area contributed by atoms with E-state index in [1.54, 1.807) is 19.1 Å². The number of nitrogens with zero attached hydrogens (tertiary/aromatic N) is 5. The second-order valence-electron chi connectivity index (χ2n) is 6.19. The molecule has 1 atom stereocenters. The van der Waals surface area contributed by atoms with Crippen molar-refractivity contribution in [3.05, 3.63) is 64.8 Å². The highest BCUT2D eigenvalue weighted by Crippen LogP contribution is 2.18. The van der Waals surface area contributed by atoms with Gasteiger partial charge in [-0.15, -0.1) is 0 Å². The first-order valence-corrected chi connectivity index (χ1v) is 10.5. The van der Waals surface area contributed by atoms with Crippen LogP contribution in [0, 0.1) is 11.3 Å². The van der Waals surface area contributed by atoms with E-state index < -0.39 is 21.8 Å². The fraction of sp³-hybridized carbons (Fsp3) is 0.167. The van der Waals surface area contributed by atoms with Crippen LogP contribution in [0.2, 0.25) is 5.02 Å². The van der Waals surface area contributed by atoms with Crippen molar-refractivity contribution < 1.29 is 13.2 Å². The van der Waals surface area contributed by atoms with Crippen molar-refractivity contribution >= 4 is 27.3 Å². The molecule has 1 amide bonds. The minimum atomic E-state index is -3.59. The molecule has 29 heavy (non-hydrogen) atoms. The van der Waals surface area contributed by atoms with Crippen LogP contribution >= 0.6 is 11.6 Å². The van der Waals surface area contributed by atoms with E-state index in [0.29, 0.717) is 16.7 Å². The molecule has 0 saturated heterocycles. The molecule has 9 nitrogen and oxygen atoms in total. The highest BCUT2D eigenvalue weighted by Gasteiger charge is 2.20. The predicted molar refractivity (Wildman–Crippen MR) is 104 cm³/mol. The molecule has 11 heteroatoms. The summed E-state index contributed by atoms with van der Waals surface area (Å²) in [6, 6.07) is 8.35. The van der Waals surface area contributed by atoms with Gasteiger partial charge in [-0.25, -0.2) is 18.4 Å². The number of carbonyl (C=O) groups excluding carboxylic acids is 1. The van der Waals surface area contributed by atoms with E-state index in [-0.39, 0.29) is 16.0 Å². The van der Waals surface area contributed by atoms with Crippen LogP contribution in [0.3, 0.4) is 0 Å². The molecule has 0 saturated carbocycles. The SMILES string of the molecule is C[C@H](NC(=O)c1cc(C#N)cc(S(C)(=O)=O)c1)c1ncnn1-c1ccc(Cl)cn1. The molecule has 0 spiro atoms. The van der Waals surface area contributed by atoms with E-state index in [4.69, 9.17) is 16.9 Å². The van der Waals surface area contributed by atoms with Gasteiger partial charge < -0.3 is 5.32 Å². The summed E-state index contributed by atoms with van der Waals surface area (Å²) in [5, 5.41) is 16.4. The van der Waals surface area contributed by atoms with Crippen LogP contribution in [0.25, 0.3) is 5.82 Å². The van der Waals surface area contributed by atoms with Crippen molar-refractivity contribution in [1.82, 2.24) is 25.1 Å². The quantitative estimate of drug-likeness (QED) is 0.655. The second-order valence-corrected chi connectivity index (χ2v) is 8.64. The molecule has 2 aromatic heterocycles. The maximum Gasteiger partial charge on any atom is 0.251 e. The van der Waals surface area contributed by atoms with Gasteiger partial charge in [0.05, 0.1) is 27.6 Å². The molecule has 0 aliphatic rings. The number of nitriles is 1. The zero-order valence-electron chi connectivity index (χ0n) is 15.4. The summed E-state index contributed by atoms with van der Waals surface area (Å²) in [6.07, 6.45) is 3.80. The van der Waals surface area contributed by atoms with Gasteiger partial charge in [-0.2, -0.15) is 15.0 Å². The van der Waals surface area contributed by atoms with Crippen molar-refractivity contribution in [3.63, 3.8) is 0 Å². The number of hydrogen-bond donors (Lipinski definition) is 1. The summed E-state index contributed by atoms with van der Waals surface area (Å²) in [6.45, 7) is 1.69. The van der Waals surface area contributed by atoms with Crippen molar-refractivity contribution in [2.75, 3.05) is 6.26 Å². The van der Waals surface area contributed by atoms with Gasteiger partial charge in [-0.05, 0) is 37.3 Å².